The smallest absolute Gasteiger partial charge is 0.308 e. The van der Waals surface area contributed by atoms with E-state index < -0.39 is 11.9 Å². The van der Waals surface area contributed by atoms with Crippen molar-refractivity contribution in [1.82, 2.24) is 9.88 Å². The van der Waals surface area contributed by atoms with Crippen LogP contribution in [0.1, 0.15) is 23.8 Å². The van der Waals surface area contributed by atoms with Gasteiger partial charge in [0.05, 0.1) is 12.1 Å². The topological polar surface area (TPSA) is 83.6 Å². The van der Waals surface area contributed by atoms with Gasteiger partial charge < -0.3 is 14.4 Å². The highest BCUT2D eigenvalue weighted by atomic mass is 16.4. The van der Waals surface area contributed by atoms with Crippen LogP contribution < -0.4 is 0 Å². The maximum Gasteiger partial charge on any atom is 0.308 e. The molecule has 0 spiro atoms. The molecule has 2 unspecified atom stereocenters. The lowest BCUT2D eigenvalue weighted by atomic mass is 9.89. The first-order valence-electron chi connectivity index (χ1n) is 9.67. The van der Waals surface area contributed by atoms with Crippen molar-refractivity contribution in [2.24, 2.45) is 5.92 Å². The molecule has 2 heterocycles. The Labute approximate surface area is 168 Å². The second kappa shape index (κ2) is 8.31. The molecule has 29 heavy (non-hydrogen) atoms. The van der Waals surface area contributed by atoms with Crippen LogP contribution in [0.3, 0.4) is 0 Å². The van der Waals surface area contributed by atoms with Crippen molar-refractivity contribution in [1.29, 1.82) is 0 Å². The molecule has 1 N–H and O–H groups in total. The number of aromatic nitrogens is 1. The molecule has 0 bridgehead atoms. The Kier molecular flexibility index (Phi) is 5.42. The number of rotatable bonds is 6. The van der Waals surface area contributed by atoms with E-state index in [1.54, 1.807) is 11.1 Å². The number of aryl methyl sites for hydroxylation is 1. The highest BCUT2D eigenvalue weighted by Gasteiger charge is 2.40. The van der Waals surface area contributed by atoms with Crippen LogP contribution in [-0.4, -0.2) is 40.0 Å². The van der Waals surface area contributed by atoms with E-state index in [9.17, 15) is 14.7 Å². The Bertz CT molecular complexity index is 984. The van der Waals surface area contributed by atoms with Crippen molar-refractivity contribution >= 4 is 11.9 Å². The molecule has 2 aromatic carbocycles. The number of benzene rings is 2. The van der Waals surface area contributed by atoms with E-state index in [0.717, 1.165) is 11.1 Å². The molecular weight excluding hydrogens is 368 g/mol. The summed E-state index contributed by atoms with van der Waals surface area (Å²) < 4.78 is 5.76. The van der Waals surface area contributed by atoms with Crippen molar-refractivity contribution in [3.63, 3.8) is 0 Å². The molecule has 0 saturated carbocycles. The Hall–Kier alpha value is -3.41. The number of likely N-dealkylation sites (tertiary alicyclic amines) is 1. The first-order chi connectivity index (χ1) is 14.1. The quantitative estimate of drug-likeness (QED) is 0.695. The summed E-state index contributed by atoms with van der Waals surface area (Å²) in [4.78, 5) is 30.3. The van der Waals surface area contributed by atoms with Gasteiger partial charge in [-0.3, -0.25) is 9.59 Å². The Morgan fingerprint density at radius 2 is 1.72 bits per heavy atom. The fourth-order valence-electron chi connectivity index (χ4n) is 3.83. The zero-order valence-corrected chi connectivity index (χ0v) is 15.9. The zero-order chi connectivity index (χ0) is 20.2. The van der Waals surface area contributed by atoms with Gasteiger partial charge in [-0.15, -0.1) is 0 Å². The molecular formula is C23H22N2O4. The summed E-state index contributed by atoms with van der Waals surface area (Å²) in [6.07, 6.45) is 2.29. The second-order valence-electron chi connectivity index (χ2n) is 7.24. The predicted molar refractivity (Wildman–Crippen MR) is 107 cm³/mol. The summed E-state index contributed by atoms with van der Waals surface area (Å²) >= 11 is 0. The van der Waals surface area contributed by atoms with E-state index in [2.05, 4.69) is 4.98 Å². The molecule has 1 aromatic heterocycles. The molecule has 3 aromatic rings. The van der Waals surface area contributed by atoms with Gasteiger partial charge in [-0.1, -0.05) is 60.7 Å². The molecule has 0 aliphatic carbocycles. The monoisotopic (exact) mass is 390 g/mol. The van der Waals surface area contributed by atoms with Crippen LogP contribution in [-0.2, 0) is 16.0 Å². The van der Waals surface area contributed by atoms with Crippen LogP contribution in [0.5, 0.6) is 0 Å². The minimum atomic E-state index is -0.866. The number of carbonyl (C=O) groups excluding carboxylic acids is 1. The summed E-state index contributed by atoms with van der Waals surface area (Å²) in [6.45, 7) is 0.648. The van der Waals surface area contributed by atoms with E-state index in [1.807, 2.05) is 60.7 Å². The molecule has 1 aliphatic rings. The third-order valence-corrected chi connectivity index (χ3v) is 5.38. The van der Waals surface area contributed by atoms with Gasteiger partial charge in [0.15, 0.2) is 11.7 Å². The van der Waals surface area contributed by atoms with Crippen molar-refractivity contribution < 1.29 is 19.1 Å². The van der Waals surface area contributed by atoms with Crippen LogP contribution in [0.25, 0.3) is 11.3 Å². The van der Waals surface area contributed by atoms with Crippen LogP contribution in [0.2, 0.25) is 0 Å². The van der Waals surface area contributed by atoms with Crippen LogP contribution >= 0.6 is 0 Å². The van der Waals surface area contributed by atoms with Gasteiger partial charge in [-0.25, -0.2) is 4.98 Å². The normalized spacial score (nSPS) is 18.7. The highest BCUT2D eigenvalue weighted by Crippen LogP contribution is 2.33. The summed E-state index contributed by atoms with van der Waals surface area (Å²) in [5.41, 5.74) is 1.89. The van der Waals surface area contributed by atoms with Gasteiger partial charge in [-0.2, -0.15) is 0 Å². The maximum absolute atomic E-state index is 12.7. The van der Waals surface area contributed by atoms with E-state index in [4.69, 9.17) is 4.42 Å². The van der Waals surface area contributed by atoms with Crippen LogP contribution in [0.15, 0.2) is 71.3 Å². The fourth-order valence-corrected chi connectivity index (χ4v) is 3.83. The Morgan fingerprint density at radius 1 is 1.03 bits per heavy atom. The van der Waals surface area contributed by atoms with Crippen molar-refractivity contribution in [3.05, 3.63) is 78.3 Å². The Balaban J connectivity index is 1.39. The number of carbonyl (C=O) groups is 2. The minimum absolute atomic E-state index is 0.0749. The number of carboxylic acid groups (broad SMARTS) is 1. The lowest BCUT2D eigenvalue weighted by molar-refractivity contribution is -0.141. The van der Waals surface area contributed by atoms with Crippen LogP contribution in [0.4, 0.5) is 0 Å². The largest absolute Gasteiger partial charge is 0.481 e. The van der Waals surface area contributed by atoms with Crippen molar-refractivity contribution in [2.75, 3.05) is 13.1 Å². The lowest BCUT2D eigenvalue weighted by Gasteiger charge is -2.16. The van der Waals surface area contributed by atoms with Gasteiger partial charge in [0, 0.05) is 37.4 Å². The zero-order valence-electron chi connectivity index (χ0n) is 15.9. The van der Waals surface area contributed by atoms with E-state index in [1.165, 1.54) is 0 Å². The number of oxazole rings is 1. The molecule has 6 nitrogen and oxygen atoms in total. The summed E-state index contributed by atoms with van der Waals surface area (Å²) in [7, 11) is 0. The number of carboxylic acids is 1. The molecule has 6 heteroatoms. The average molecular weight is 390 g/mol. The van der Waals surface area contributed by atoms with Gasteiger partial charge in [0.1, 0.15) is 0 Å². The van der Waals surface area contributed by atoms with Gasteiger partial charge in [0.2, 0.25) is 5.91 Å². The lowest BCUT2D eigenvalue weighted by Crippen LogP contribution is -2.30. The summed E-state index contributed by atoms with van der Waals surface area (Å²) in [5, 5.41) is 9.60. The number of hydrogen-bond acceptors (Lipinski definition) is 4. The summed E-state index contributed by atoms with van der Waals surface area (Å²) in [6, 6.07) is 19.2. The molecule has 0 radical (unpaired) electrons. The number of aliphatic carboxylic acids is 1. The van der Waals surface area contributed by atoms with Gasteiger partial charge >= 0.3 is 5.97 Å². The first-order valence-corrected chi connectivity index (χ1v) is 9.67. The molecule has 148 valence electrons. The van der Waals surface area contributed by atoms with Gasteiger partial charge in [0.25, 0.3) is 0 Å². The molecule has 1 aliphatic heterocycles. The van der Waals surface area contributed by atoms with Gasteiger partial charge in [-0.05, 0) is 5.56 Å². The van der Waals surface area contributed by atoms with E-state index in [-0.39, 0.29) is 24.8 Å². The average Bonchev–Trinajstić information content (AvgIpc) is 3.41. The molecule has 1 fully saturated rings. The van der Waals surface area contributed by atoms with Crippen LogP contribution in [0, 0.1) is 5.92 Å². The predicted octanol–water partition coefficient (Wildman–Crippen LogP) is 3.60. The fraction of sp³-hybridized carbons (Fsp3) is 0.261. The number of hydrogen-bond donors (Lipinski definition) is 1. The van der Waals surface area contributed by atoms with Crippen molar-refractivity contribution in [3.8, 4) is 11.3 Å². The van der Waals surface area contributed by atoms with E-state index >= 15 is 0 Å². The molecule has 1 saturated heterocycles. The SMILES string of the molecule is O=C(O)C1CN(C(=O)CCc2ncc(-c3ccccc3)o2)CC1c1ccccc1. The standard InChI is InChI=1S/C23H22N2O4/c26-22(12-11-21-24-13-20(29-21)17-9-5-2-6-10-17)25-14-18(19(15-25)23(27)28)16-7-3-1-4-8-16/h1-10,13,18-19H,11-12,14-15H2,(H,27,28). The summed E-state index contributed by atoms with van der Waals surface area (Å²) in [5.74, 6) is -0.546. The highest BCUT2D eigenvalue weighted by molar-refractivity contribution is 5.79. The molecule has 1 amide bonds. The second-order valence-corrected chi connectivity index (χ2v) is 7.24. The minimum Gasteiger partial charge on any atom is -0.481 e. The number of amides is 1. The Morgan fingerprint density at radius 3 is 2.41 bits per heavy atom. The molecule has 2 atom stereocenters. The first kappa shape index (κ1) is 18.9. The van der Waals surface area contributed by atoms with E-state index in [0.29, 0.717) is 24.6 Å². The maximum atomic E-state index is 12.7. The molecule has 4 rings (SSSR count). The third-order valence-electron chi connectivity index (χ3n) is 5.38. The van der Waals surface area contributed by atoms with Crippen molar-refractivity contribution in [2.45, 2.75) is 18.8 Å². The number of nitrogens with zero attached hydrogens (tertiary/aromatic N) is 2. The third kappa shape index (κ3) is 4.21.